The van der Waals surface area contributed by atoms with Crippen molar-refractivity contribution in [1.29, 1.82) is 0 Å². The maximum Gasteiger partial charge on any atom is 0.162 e. The molecule has 3 rings (SSSR count). The summed E-state index contributed by atoms with van der Waals surface area (Å²) in [4.78, 5) is 16.7. The Morgan fingerprint density at radius 2 is 1.50 bits per heavy atom. The fourth-order valence-corrected chi connectivity index (χ4v) is 5.26. The Morgan fingerprint density at radius 3 is 2.02 bits per heavy atom. The number of para-hydroxylation sites is 1. The van der Waals surface area contributed by atoms with Crippen LogP contribution in [0.2, 0.25) is 0 Å². The normalized spacial score (nSPS) is 11.8. The molecule has 4 heteroatoms. The zero-order valence-electron chi connectivity index (χ0n) is 26.2. The zero-order chi connectivity index (χ0) is 29.2. The van der Waals surface area contributed by atoms with E-state index in [1.807, 2.05) is 27.7 Å². The number of allylic oxidation sites excluding steroid dienone is 2. The Kier molecular flexibility index (Phi) is 15.1. The van der Waals surface area contributed by atoms with Crippen molar-refractivity contribution >= 4 is 16.7 Å². The van der Waals surface area contributed by atoms with E-state index >= 15 is 0 Å². The van der Waals surface area contributed by atoms with Crippen molar-refractivity contribution in [1.82, 2.24) is 4.98 Å². The van der Waals surface area contributed by atoms with E-state index in [2.05, 4.69) is 83.1 Å². The Balaban J connectivity index is 0.000000437. The molecule has 0 bridgehead atoms. The van der Waals surface area contributed by atoms with Crippen LogP contribution < -0.4 is 0 Å². The third-order valence-corrected chi connectivity index (χ3v) is 8.43. The summed E-state index contributed by atoms with van der Waals surface area (Å²) in [6.07, 6.45) is 7.14. The molecule has 221 valence electrons. The van der Waals surface area contributed by atoms with Crippen LogP contribution in [0.5, 0.6) is 0 Å². The Labute approximate surface area is 257 Å². The first kappa shape index (κ1) is 35.7. The minimum absolute atomic E-state index is 0. The molecule has 40 heavy (non-hydrogen) atoms. The second-order valence-electron chi connectivity index (χ2n) is 11.1. The molecule has 3 nitrogen and oxygen atoms in total. The summed E-state index contributed by atoms with van der Waals surface area (Å²) in [5, 5.41) is 11.0. The number of aliphatic hydroxyl groups is 1. The quantitative estimate of drug-likeness (QED) is 0.122. The molecular weight excluding hydrogens is 671 g/mol. The van der Waals surface area contributed by atoms with Crippen LogP contribution in [0.4, 0.5) is 0 Å². The van der Waals surface area contributed by atoms with Crippen molar-refractivity contribution in [2.45, 2.75) is 106 Å². The first-order valence-corrected chi connectivity index (χ1v) is 14.9. The summed E-state index contributed by atoms with van der Waals surface area (Å²) >= 11 is 0. The van der Waals surface area contributed by atoms with Gasteiger partial charge in [0.15, 0.2) is 5.78 Å². The second-order valence-corrected chi connectivity index (χ2v) is 11.1. The van der Waals surface area contributed by atoms with Crippen molar-refractivity contribution < 1.29 is 30.0 Å². The maximum absolute atomic E-state index is 11.7. The van der Waals surface area contributed by atoms with Gasteiger partial charge < -0.3 is 5.11 Å². The number of rotatable bonds is 11. The van der Waals surface area contributed by atoms with Crippen molar-refractivity contribution in [3.8, 4) is 11.3 Å². The maximum atomic E-state index is 11.7. The number of hydrogen-bond acceptors (Lipinski definition) is 3. The number of aliphatic hydroxyl groups excluding tert-OH is 1. The number of ketones is 1. The molecule has 1 N–H and O–H groups in total. The smallest absolute Gasteiger partial charge is 0.162 e. The van der Waals surface area contributed by atoms with Crippen LogP contribution in [0.15, 0.2) is 54.3 Å². The van der Waals surface area contributed by atoms with E-state index in [9.17, 15) is 9.90 Å². The summed E-state index contributed by atoms with van der Waals surface area (Å²) in [6, 6.07) is 18.6. The van der Waals surface area contributed by atoms with Crippen LogP contribution in [0.25, 0.3) is 22.2 Å². The number of fused-ring (bicyclic) bond motifs is 1. The van der Waals surface area contributed by atoms with E-state index in [-0.39, 0.29) is 48.9 Å². The molecular formula is C36H50IrNO2-. The number of carbonyl (C=O) groups is 1. The number of carbonyl (C=O) groups excluding carboxylic acids is 1. The van der Waals surface area contributed by atoms with Crippen LogP contribution in [0.3, 0.4) is 0 Å². The number of benzene rings is 2. The van der Waals surface area contributed by atoms with Crippen LogP contribution >= 0.6 is 0 Å². The van der Waals surface area contributed by atoms with Gasteiger partial charge in [-0.15, -0.1) is 34.9 Å². The Hall–Kier alpha value is -2.29. The Bertz CT molecular complexity index is 1230. The van der Waals surface area contributed by atoms with Gasteiger partial charge in [-0.3, -0.25) is 9.78 Å². The van der Waals surface area contributed by atoms with Crippen molar-refractivity contribution in [2.24, 2.45) is 11.8 Å². The zero-order valence-corrected chi connectivity index (χ0v) is 28.5. The topological polar surface area (TPSA) is 50.2 Å². The van der Waals surface area contributed by atoms with Gasteiger partial charge in [0.2, 0.25) is 0 Å². The van der Waals surface area contributed by atoms with E-state index in [0.717, 1.165) is 60.9 Å². The number of pyridine rings is 1. The van der Waals surface area contributed by atoms with E-state index in [0.29, 0.717) is 0 Å². The van der Waals surface area contributed by atoms with E-state index in [1.54, 1.807) is 0 Å². The van der Waals surface area contributed by atoms with Gasteiger partial charge in [-0.1, -0.05) is 86.6 Å². The molecule has 0 aliphatic rings. The number of aryl methyl sites for hydroxylation is 2. The van der Waals surface area contributed by atoms with Gasteiger partial charge in [0.25, 0.3) is 0 Å². The molecule has 0 saturated carbocycles. The fraction of sp³-hybridized carbons (Fsp3) is 0.500. The van der Waals surface area contributed by atoms with Gasteiger partial charge in [0.1, 0.15) is 0 Å². The molecule has 0 spiro atoms. The van der Waals surface area contributed by atoms with Gasteiger partial charge in [-0.25, -0.2) is 0 Å². The molecule has 0 aliphatic carbocycles. The molecule has 0 aliphatic heterocycles. The predicted molar refractivity (Wildman–Crippen MR) is 167 cm³/mol. The summed E-state index contributed by atoms with van der Waals surface area (Å²) in [5.41, 5.74) is 7.18. The van der Waals surface area contributed by atoms with Gasteiger partial charge in [-0.2, -0.15) is 0 Å². The van der Waals surface area contributed by atoms with Gasteiger partial charge in [-0.05, 0) is 61.3 Å². The molecule has 0 atom stereocenters. The molecule has 0 amide bonds. The number of hydrogen-bond donors (Lipinski definition) is 1. The van der Waals surface area contributed by atoms with Gasteiger partial charge >= 0.3 is 0 Å². The van der Waals surface area contributed by atoms with Gasteiger partial charge in [0.05, 0.1) is 11.3 Å². The molecule has 1 radical (unpaired) electrons. The first-order valence-electron chi connectivity index (χ1n) is 14.9. The van der Waals surface area contributed by atoms with Gasteiger partial charge in [0, 0.05) is 43.4 Å². The predicted octanol–water partition coefficient (Wildman–Crippen LogP) is 10.3. The monoisotopic (exact) mass is 721 g/mol. The van der Waals surface area contributed by atoms with Crippen LogP contribution in [0, 0.1) is 31.7 Å². The van der Waals surface area contributed by atoms with Crippen LogP contribution in [0.1, 0.15) is 104 Å². The second kappa shape index (κ2) is 16.8. The fourth-order valence-electron chi connectivity index (χ4n) is 5.26. The first-order chi connectivity index (χ1) is 18.6. The average molecular weight is 721 g/mol. The standard InChI is InChI=1S/C23H26N.C13H24O2.Ir/c1-6-23(5,7-2)20-15-22(18-13-16(3)12-17(4)14-18)24-21-11-9-8-10-19(20)21;1-5-10(6-2)12(14)9-13(15)11(7-3)8-4;/h8-13,15H,6-7H2,1-5H3;9-11,14H,5-8H2,1-4H3;/q-1;;/b;12-9-;. The minimum atomic E-state index is 0. The molecule has 0 unspecified atom stereocenters. The third kappa shape index (κ3) is 9.11. The van der Waals surface area contributed by atoms with Crippen molar-refractivity contribution in [3.05, 3.63) is 77.1 Å². The largest absolute Gasteiger partial charge is 0.512 e. The van der Waals surface area contributed by atoms with E-state index < -0.39 is 0 Å². The van der Waals surface area contributed by atoms with E-state index in [1.165, 1.54) is 22.6 Å². The summed E-state index contributed by atoms with van der Waals surface area (Å²) in [5.74, 6) is 0.547. The SMILES string of the molecule is CCC(C)(CC)c1cc(-c2[c-]c(C)cc(C)c2)nc2ccccc12.CCC(CC)C(=O)/C=C(\O)C(CC)CC.[Ir]. The summed E-state index contributed by atoms with van der Waals surface area (Å²) in [7, 11) is 0. The molecule has 2 aromatic carbocycles. The van der Waals surface area contributed by atoms with E-state index in [4.69, 9.17) is 4.98 Å². The van der Waals surface area contributed by atoms with Crippen molar-refractivity contribution in [2.75, 3.05) is 0 Å². The summed E-state index contributed by atoms with van der Waals surface area (Å²) in [6.45, 7) is 19.2. The average Bonchev–Trinajstić information content (AvgIpc) is 2.93. The molecule has 0 fully saturated rings. The summed E-state index contributed by atoms with van der Waals surface area (Å²) < 4.78 is 0. The minimum Gasteiger partial charge on any atom is -0.512 e. The van der Waals surface area contributed by atoms with Crippen LogP contribution in [-0.2, 0) is 30.3 Å². The number of nitrogens with zero attached hydrogens (tertiary/aromatic N) is 1. The Morgan fingerprint density at radius 1 is 0.925 bits per heavy atom. The van der Waals surface area contributed by atoms with Crippen molar-refractivity contribution in [3.63, 3.8) is 0 Å². The third-order valence-electron chi connectivity index (χ3n) is 8.43. The molecule has 0 saturated heterocycles. The molecule has 1 aromatic heterocycles. The molecule has 1 heterocycles. The van der Waals surface area contributed by atoms with Crippen LogP contribution in [-0.4, -0.2) is 15.9 Å². The number of aromatic nitrogens is 1. The molecule has 3 aromatic rings.